The molecule has 0 radical (unpaired) electrons. The quantitative estimate of drug-likeness (QED) is 0.503. The summed E-state index contributed by atoms with van der Waals surface area (Å²) in [7, 11) is 0. The molecule has 0 aromatic carbocycles. The number of hydrogen-bond acceptors (Lipinski definition) is 5. The predicted molar refractivity (Wildman–Crippen MR) is 115 cm³/mol. The minimum absolute atomic E-state index is 0.0307. The lowest BCUT2D eigenvalue weighted by molar-refractivity contribution is -0.133. The van der Waals surface area contributed by atoms with Gasteiger partial charge in [-0.2, -0.15) is 11.8 Å². The molecule has 0 unspecified atom stereocenters. The summed E-state index contributed by atoms with van der Waals surface area (Å²) in [5.41, 5.74) is 0. The van der Waals surface area contributed by atoms with Crippen molar-refractivity contribution in [1.82, 2.24) is 20.4 Å². The van der Waals surface area contributed by atoms with Crippen LogP contribution in [0.25, 0.3) is 0 Å². The summed E-state index contributed by atoms with van der Waals surface area (Å²) in [6.45, 7) is 4.41. The highest BCUT2D eigenvalue weighted by molar-refractivity contribution is 8.00. The van der Waals surface area contributed by atoms with Crippen LogP contribution in [0, 0.1) is 0 Å². The second-order valence-corrected chi connectivity index (χ2v) is 10.8. The van der Waals surface area contributed by atoms with Crippen molar-refractivity contribution in [3.8, 4) is 0 Å². The standard InChI is InChI=1S/C19H27ClN4O2S2/c20-16-6-5-13(28-16)11-23-7-9-24(10-8-23)17(25)4-2-1-3-15-18-14(12-27-15)21-19(26)22-18/h5-6,14-15,18H,1-4,7-12H2,(H2,21,22,26)/t14-,15-,18-/m0/s1. The predicted octanol–water partition coefficient (Wildman–Crippen LogP) is 2.77. The number of thiophene rings is 1. The van der Waals surface area contributed by atoms with Crippen LogP contribution in [0.5, 0.6) is 0 Å². The van der Waals surface area contributed by atoms with Crippen molar-refractivity contribution in [1.29, 1.82) is 0 Å². The maximum atomic E-state index is 12.5. The van der Waals surface area contributed by atoms with Gasteiger partial charge in [-0.25, -0.2) is 4.79 Å². The van der Waals surface area contributed by atoms with Crippen molar-refractivity contribution >= 4 is 46.6 Å². The molecule has 1 aromatic rings. The Morgan fingerprint density at radius 1 is 1.18 bits per heavy atom. The van der Waals surface area contributed by atoms with Gasteiger partial charge in [-0.1, -0.05) is 18.0 Å². The zero-order chi connectivity index (χ0) is 19.5. The van der Waals surface area contributed by atoms with Crippen LogP contribution < -0.4 is 10.6 Å². The Balaban J connectivity index is 1.11. The molecule has 3 saturated heterocycles. The van der Waals surface area contributed by atoms with Crippen LogP contribution in [-0.2, 0) is 11.3 Å². The Morgan fingerprint density at radius 2 is 2.00 bits per heavy atom. The van der Waals surface area contributed by atoms with Gasteiger partial charge in [0.15, 0.2) is 0 Å². The van der Waals surface area contributed by atoms with Gasteiger partial charge in [-0.05, 0) is 25.0 Å². The summed E-state index contributed by atoms with van der Waals surface area (Å²) >= 11 is 9.57. The highest BCUT2D eigenvalue weighted by Gasteiger charge is 2.42. The zero-order valence-corrected chi connectivity index (χ0v) is 18.3. The topological polar surface area (TPSA) is 64.7 Å². The van der Waals surface area contributed by atoms with Crippen LogP contribution in [0.1, 0.15) is 30.6 Å². The van der Waals surface area contributed by atoms with Crippen LogP contribution in [-0.4, -0.2) is 71.0 Å². The summed E-state index contributed by atoms with van der Waals surface area (Å²) in [6, 6.07) is 4.55. The Labute approximate surface area is 179 Å². The largest absolute Gasteiger partial charge is 0.340 e. The van der Waals surface area contributed by atoms with E-state index in [1.54, 1.807) is 11.3 Å². The number of piperazine rings is 1. The molecule has 0 aliphatic carbocycles. The lowest BCUT2D eigenvalue weighted by Crippen LogP contribution is -2.48. The van der Waals surface area contributed by atoms with Crippen molar-refractivity contribution in [2.24, 2.45) is 0 Å². The van der Waals surface area contributed by atoms with E-state index in [1.165, 1.54) is 4.88 Å². The smallest absolute Gasteiger partial charge is 0.315 e. The molecular weight excluding hydrogens is 416 g/mol. The van der Waals surface area contributed by atoms with Crippen molar-refractivity contribution in [3.63, 3.8) is 0 Å². The highest BCUT2D eigenvalue weighted by atomic mass is 35.5. The van der Waals surface area contributed by atoms with E-state index in [9.17, 15) is 9.59 Å². The van der Waals surface area contributed by atoms with E-state index in [-0.39, 0.29) is 24.0 Å². The minimum atomic E-state index is -0.0307. The fourth-order valence-corrected chi connectivity index (χ4v) is 6.91. The molecule has 2 N–H and O–H groups in total. The SMILES string of the molecule is O=C1N[C@H]2[C@H](CS[C@H]2CCCCC(=O)N2CCN(Cc3ccc(Cl)s3)CC2)N1. The fourth-order valence-electron chi connectivity index (χ4n) is 4.24. The number of rotatable bonds is 7. The number of carbonyl (C=O) groups is 2. The van der Waals surface area contributed by atoms with E-state index in [4.69, 9.17) is 11.6 Å². The van der Waals surface area contributed by atoms with Gasteiger partial charge in [0.05, 0.1) is 16.4 Å². The molecule has 4 rings (SSSR count). The molecule has 6 nitrogen and oxygen atoms in total. The molecule has 3 atom stereocenters. The molecule has 1 aromatic heterocycles. The van der Waals surface area contributed by atoms with Crippen molar-refractivity contribution < 1.29 is 9.59 Å². The maximum Gasteiger partial charge on any atom is 0.315 e. The molecule has 9 heteroatoms. The van der Waals surface area contributed by atoms with E-state index in [1.807, 2.05) is 22.7 Å². The van der Waals surface area contributed by atoms with Gasteiger partial charge in [0, 0.05) is 55.0 Å². The average molecular weight is 443 g/mol. The molecule has 3 aliphatic heterocycles. The van der Waals surface area contributed by atoms with Crippen molar-refractivity contribution in [2.45, 2.75) is 49.6 Å². The number of thioether (sulfide) groups is 1. The van der Waals surface area contributed by atoms with Gasteiger partial charge in [-0.15, -0.1) is 11.3 Å². The first kappa shape index (κ1) is 20.3. The number of hydrogen-bond donors (Lipinski definition) is 2. The molecule has 0 bridgehead atoms. The molecule has 0 spiro atoms. The third kappa shape index (κ3) is 4.96. The number of fused-ring (bicyclic) bond motifs is 1. The number of carbonyl (C=O) groups excluding carboxylic acids is 2. The Hall–Kier alpha value is -0.960. The Bertz CT molecular complexity index is 708. The van der Waals surface area contributed by atoms with E-state index in [0.717, 1.165) is 62.1 Å². The van der Waals surface area contributed by atoms with Gasteiger partial charge in [0.1, 0.15) is 0 Å². The molecular formula is C19H27ClN4O2S2. The van der Waals surface area contributed by atoms with Gasteiger partial charge in [0.2, 0.25) is 5.91 Å². The number of unbranched alkanes of at least 4 members (excludes halogenated alkanes) is 1. The van der Waals surface area contributed by atoms with E-state index < -0.39 is 0 Å². The lowest BCUT2D eigenvalue weighted by Gasteiger charge is -2.34. The van der Waals surface area contributed by atoms with Crippen LogP contribution in [0.2, 0.25) is 4.34 Å². The Morgan fingerprint density at radius 3 is 2.75 bits per heavy atom. The van der Waals surface area contributed by atoms with Gasteiger partial charge in [-0.3, -0.25) is 9.69 Å². The van der Waals surface area contributed by atoms with Crippen LogP contribution in [0.4, 0.5) is 4.79 Å². The number of nitrogens with one attached hydrogen (secondary N) is 2. The number of nitrogens with zero attached hydrogens (tertiary/aromatic N) is 2. The first-order valence-electron chi connectivity index (χ1n) is 10.0. The van der Waals surface area contributed by atoms with Crippen molar-refractivity contribution in [3.05, 3.63) is 21.3 Å². The molecule has 3 fully saturated rings. The zero-order valence-electron chi connectivity index (χ0n) is 15.9. The second-order valence-electron chi connectivity index (χ2n) is 7.73. The summed E-state index contributed by atoms with van der Waals surface area (Å²) in [6.07, 6.45) is 3.68. The molecule has 28 heavy (non-hydrogen) atoms. The number of amides is 3. The van der Waals surface area contributed by atoms with Crippen molar-refractivity contribution in [2.75, 3.05) is 31.9 Å². The van der Waals surface area contributed by atoms with E-state index in [2.05, 4.69) is 21.6 Å². The first-order valence-corrected chi connectivity index (χ1v) is 12.3. The number of halogens is 1. The van der Waals surface area contributed by atoms with E-state index >= 15 is 0 Å². The second kappa shape index (κ2) is 9.24. The molecule has 0 saturated carbocycles. The van der Waals surface area contributed by atoms with Crippen LogP contribution in [0.15, 0.2) is 12.1 Å². The fraction of sp³-hybridized carbons (Fsp3) is 0.684. The van der Waals surface area contributed by atoms with Gasteiger partial charge in [0.25, 0.3) is 0 Å². The average Bonchev–Trinajstić information content (AvgIpc) is 3.36. The molecule has 3 aliphatic rings. The summed E-state index contributed by atoms with van der Waals surface area (Å²) in [5.74, 6) is 1.28. The molecule has 154 valence electrons. The molecule has 3 amide bonds. The van der Waals surface area contributed by atoms with Crippen LogP contribution >= 0.6 is 34.7 Å². The normalized spacial score (nSPS) is 27.5. The molecule has 4 heterocycles. The van der Waals surface area contributed by atoms with Crippen LogP contribution in [0.3, 0.4) is 0 Å². The summed E-state index contributed by atoms with van der Waals surface area (Å²) < 4.78 is 0.835. The van der Waals surface area contributed by atoms with E-state index in [0.29, 0.717) is 11.7 Å². The Kier molecular flexibility index (Phi) is 6.70. The maximum absolute atomic E-state index is 12.5. The summed E-state index contributed by atoms with van der Waals surface area (Å²) in [4.78, 5) is 29.6. The third-order valence-electron chi connectivity index (χ3n) is 5.80. The monoisotopic (exact) mass is 442 g/mol. The number of urea groups is 1. The lowest BCUT2D eigenvalue weighted by atomic mass is 10.0. The van der Waals surface area contributed by atoms with Gasteiger partial charge >= 0.3 is 6.03 Å². The summed E-state index contributed by atoms with van der Waals surface area (Å²) in [5, 5.41) is 6.49. The minimum Gasteiger partial charge on any atom is -0.340 e. The third-order valence-corrected chi connectivity index (χ3v) is 8.53. The van der Waals surface area contributed by atoms with Gasteiger partial charge < -0.3 is 15.5 Å². The highest BCUT2D eigenvalue weighted by Crippen LogP contribution is 2.33. The first-order chi connectivity index (χ1) is 13.6.